The number of esters is 1. The molecule has 0 saturated carbocycles. The molecule has 0 radical (unpaired) electrons. The molecule has 2 aliphatic heterocycles. The topological polar surface area (TPSA) is 103 Å². The molecule has 8 heteroatoms. The van der Waals surface area contributed by atoms with Crippen molar-refractivity contribution in [3.05, 3.63) is 78.4 Å². The standard InChI is InChI=1S/C33H36N4O3.Mg/c1-9-19-16(5)22-11-21-14(3)15(4)30(36-21)28-29(33(39)40-8)32(38)27-18(7)24(37-31(27)28)13-26-20(10-2)17(6)23(35-26)12-25(19)34-22;/h9,11-15,29-30,36-38H,1,10H2,2-8H3;/q-2;+2/b21-11+,23-12-,26-13-;/t14-,15-,29+,30?;/m0./s1. The SMILES string of the molecule is C=Cc1c2[n-]c(c1C)/C=C1/NC(C3=c4[nH]c(c(C)c4=C(O)[C@@H]3C(=O)OC)/C=c3\[n-]/c(c(C)c3CC)=C\2)[C@@H](C)[C@@H]1C.[Mg+2]. The number of aliphatic hydroxyl groups excluding tert-OH is 1. The van der Waals surface area contributed by atoms with E-state index in [4.69, 9.17) is 14.7 Å². The summed E-state index contributed by atoms with van der Waals surface area (Å²) in [6, 6.07) is -0.190. The Morgan fingerprint density at radius 3 is 2.46 bits per heavy atom. The van der Waals surface area contributed by atoms with Crippen LogP contribution in [0.5, 0.6) is 0 Å². The van der Waals surface area contributed by atoms with Crippen molar-refractivity contribution in [2.75, 3.05) is 7.11 Å². The van der Waals surface area contributed by atoms with Crippen LogP contribution in [0.2, 0.25) is 0 Å². The number of nitrogens with zero attached hydrogens (tertiary/aromatic N) is 2. The molecule has 7 nitrogen and oxygen atoms in total. The summed E-state index contributed by atoms with van der Waals surface area (Å²) in [6.45, 7) is 16.7. The molecule has 3 aromatic heterocycles. The van der Waals surface area contributed by atoms with Gasteiger partial charge in [0.05, 0.1) is 18.5 Å². The minimum absolute atomic E-state index is 0. The molecule has 3 aliphatic rings. The first kappa shape index (κ1) is 29.1. The van der Waals surface area contributed by atoms with Gasteiger partial charge in [0.2, 0.25) is 0 Å². The van der Waals surface area contributed by atoms with E-state index in [1.54, 1.807) is 0 Å². The Morgan fingerprint density at radius 2 is 1.80 bits per heavy atom. The molecule has 3 N–H and O–H groups in total. The molecule has 0 spiro atoms. The number of fused-ring (bicyclic) bond motifs is 8. The van der Waals surface area contributed by atoms with Crippen molar-refractivity contribution >= 4 is 64.7 Å². The normalized spacial score (nSPS) is 25.3. The van der Waals surface area contributed by atoms with Crippen LogP contribution in [0.3, 0.4) is 0 Å². The van der Waals surface area contributed by atoms with Gasteiger partial charge in [-0.15, -0.1) is 22.1 Å². The number of aliphatic hydroxyl groups is 1. The first-order valence-electron chi connectivity index (χ1n) is 14.0. The minimum Gasteiger partial charge on any atom is -0.657 e. The molecule has 0 amide bonds. The van der Waals surface area contributed by atoms with Crippen LogP contribution in [-0.2, 0) is 16.0 Å². The zero-order valence-electron chi connectivity index (χ0n) is 24.9. The molecule has 4 atom stereocenters. The number of hydrogen-bond acceptors (Lipinski definition) is 4. The number of rotatable bonds is 3. The second-order valence-electron chi connectivity index (χ2n) is 11.3. The predicted octanol–water partition coefficient (Wildman–Crippen LogP) is 1.55. The average molecular weight is 561 g/mol. The molecule has 3 aromatic rings. The molecule has 208 valence electrons. The monoisotopic (exact) mass is 560 g/mol. The molecule has 6 rings (SSSR count). The predicted molar refractivity (Wildman–Crippen MR) is 164 cm³/mol. The number of ether oxygens (including phenoxy) is 1. The largest absolute Gasteiger partial charge is 2.00 e. The summed E-state index contributed by atoms with van der Waals surface area (Å²) < 4.78 is 5.19. The second kappa shape index (κ2) is 10.5. The Labute approximate surface area is 256 Å². The van der Waals surface area contributed by atoms with Crippen LogP contribution in [0.4, 0.5) is 0 Å². The number of methoxy groups -OCH3 is 1. The zero-order chi connectivity index (χ0) is 28.6. The van der Waals surface area contributed by atoms with Gasteiger partial charge in [-0.1, -0.05) is 68.3 Å². The van der Waals surface area contributed by atoms with Crippen LogP contribution >= 0.6 is 0 Å². The van der Waals surface area contributed by atoms with Gasteiger partial charge >= 0.3 is 29.0 Å². The molecular weight excluding hydrogens is 525 g/mol. The van der Waals surface area contributed by atoms with Gasteiger partial charge in [-0.05, 0) is 49.8 Å². The van der Waals surface area contributed by atoms with Crippen LogP contribution in [-0.4, -0.2) is 52.3 Å². The summed E-state index contributed by atoms with van der Waals surface area (Å²) in [5, 5.41) is 18.5. The summed E-state index contributed by atoms with van der Waals surface area (Å²) in [6.07, 6.45) is 8.94. The molecule has 8 bridgehead atoms. The van der Waals surface area contributed by atoms with Crippen LogP contribution in [0, 0.1) is 38.5 Å². The van der Waals surface area contributed by atoms with Crippen LogP contribution in [0.25, 0.3) is 35.6 Å². The molecule has 1 aliphatic carbocycles. The number of nitrogens with one attached hydrogen (secondary N) is 2. The van der Waals surface area contributed by atoms with E-state index in [-0.39, 0.29) is 46.7 Å². The van der Waals surface area contributed by atoms with Gasteiger partial charge in [0, 0.05) is 22.5 Å². The molecule has 0 aromatic carbocycles. The summed E-state index contributed by atoms with van der Waals surface area (Å²) in [5.41, 5.74) is 9.72. The number of aromatic nitrogens is 3. The number of H-pyrrole nitrogens is 1. The van der Waals surface area contributed by atoms with E-state index < -0.39 is 11.9 Å². The molecule has 1 unspecified atom stereocenters. The Kier molecular flexibility index (Phi) is 7.45. The van der Waals surface area contributed by atoms with Gasteiger partial charge in [-0.3, -0.25) is 4.79 Å². The van der Waals surface area contributed by atoms with Crippen molar-refractivity contribution in [3.8, 4) is 0 Å². The Balaban J connectivity index is 0.00000337. The maximum atomic E-state index is 13.1. The fraction of sp³-hybridized carbons (Fsp3) is 0.364. The van der Waals surface area contributed by atoms with Gasteiger partial charge in [0.1, 0.15) is 11.7 Å². The van der Waals surface area contributed by atoms with E-state index in [1.165, 1.54) is 12.7 Å². The fourth-order valence-corrected chi connectivity index (χ4v) is 6.83. The van der Waals surface area contributed by atoms with Gasteiger partial charge in [-0.25, -0.2) is 0 Å². The maximum Gasteiger partial charge on any atom is 2.00 e. The van der Waals surface area contributed by atoms with Gasteiger partial charge < -0.3 is 30.1 Å². The second-order valence-corrected chi connectivity index (χ2v) is 11.3. The van der Waals surface area contributed by atoms with E-state index in [0.29, 0.717) is 5.22 Å². The van der Waals surface area contributed by atoms with Crippen molar-refractivity contribution < 1.29 is 14.6 Å². The molecular formula is C33H36MgN4O3. The first-order chi connectivity index (χ1) is 19.1. The van der Waals surface area contributed by atoms with Crippen LogP contribution in [0.15, 0.2) is 12.3 Å². The van der Waals surface area contributed by atoms with Crippen LogP contribution in [0.1, 0.15) is 65.7 Å². The van der Waals surface area contributed by atoms with Crippen molar-refractivity contribution in [2.24, 2.45) is 17.8 Å². The number of hydrogen-bond donors (Lipinski definition) is 3. The van der Waals surface area contributed by atoms with Crippen molar-refractivity contribution in [1.29, 1.82) is 0 Å². The van der Waals surface area contributed by atoms with Crippen molar-refractivity contribution in [3.63, 3.8) is 0 Å². The molecule has 5 heterocycles. The Morgan fingerprint density at radius 1 is 1.07 bits per heavy atom. The zero-order valence-corrected chi connectivity index (χ0v) is 26.3. The summed E-state index contributed by atoms with van der Waals surface area (Å²) in [7, 11) is 1.37. The fourth-order valence-electron chi connectivity index (χ4n) is 6.83. The van der Waals surface area contributed by atoms with Gasteiger partial charge in [0.25, 0.3) is 0 Å². The summed E-state index contributed by atoms with van der Waals surface area (Å²) in [5.74, 6) is -0.980. The summed E-state index contributed by atoms with van der Waals surface area (Å²) >= 11 is 0. The van der Waals surface area contributed by atoms with Crippen LogP contribution < -0.4 is 36.6 Å². The number of carbonyl (C=O) groups is 1. The quantitative estimate of drug-likeness (QED) is 0.332. The third-order valence-corrected chi connectivity index (χ3v) is 9.41. The first-order valence-corrected chi connectivity index (χ1v) is 14.0. The third-order valence-electron chi connectivity index (χ3n) is 9.41. The average Bonchev–Trinajstić information content (AvgIpc) is 3.66. The van der Waals surface area contributed by atoms with Gasteiger partial charge in [0.15, 0.2) is 0 Å². The van der Waals surface area contributed by atoms with E-state index in [2.05, 4.69) is 69.7 Å². The Bertz CT molecular complexity index is 1880. The smallest absolute Gasteiger partial charge is 0.657 e. The van der Waals surface area contributed by atoms with E-state index in [9.17, 15) is 9.90 Å². The molecule has 41 heavy (non-hydrogen) atoms. The van der Waals surface area contributed by atoms with Crippen molar-refractivity contribution in [1.82, 2.24) is 20.3 Å². The summed E-state index contributed by atoms with van der Waals surface area (Å²) in [4.78, 5) is 26.8. The third kappa shape index (κ3) is 4.17. The molecule has 1 fully saturated rings. The minimum atomic E-state index is -0.867. The van der Waals surface area contributed by atoms with E-state index >= 15 is 0 Å². The number of aromatic amines is 1. The number of carbonyl (C=O) groups excluding carboxylic acids is 1. The van der Waals surface area contributed by atoms with Crippen molar-refractivity contribution in [2.45, 2.75) is 54.0 Å². The van der Waals surface area contributed by atoms with E-state index in [1.807, 2.05) is 13.0 Å². The Hall–Kier alpha value is -3.36. The maximum absolute atomic E-state index is 13.1. The molecule has 1 saturated heterocycles. The van der Waals surface area contributed by atoms with E-state index in [0.717, 1.165) is 73.1 Å². The van der Waals surface area contributed by atoms with Gasteiger partial charge in [-0.2, -0.15) is 0 Å². The number of allylic oxidation sites excluding steroid dienone is 1.